The molecule has 0 saturated carbocycles. The van der Waals surface area contributed by atoms with Crippen LogP contribution in [0.1, 0.15) is 0 Å². The van der Waals surface area contributed by atoms with Crippen LogP contribution in [-0.4, -0.2) is 8.42 Å². The molecule has 2 rings (SSSR count). The van der Waals surface area contributed by atoms with Crippen molar-refractivity contribution in [2.24, 2.45) is 0 Å². The molecule has 4 nitrogen and oxygen atoms in total. The molecule has 0 amide bonds. The molecule has 84 valence electrons. The zero-order valence-corrected chi connectivity index (χ0v) is 9.53. The number of para-hydroxylation sites is 1. The van der Waals surface area contributed by atoms with Gasteiger partial charge in [0.25, 0.3) is 9.05 Å². The van der Waals surface area contributed by atoms with Gasteiger partial charge in [0.05, 0.1) is 0 Å². The highest BCUT2D eigenvalue weighted by molar-refractivity contribution is 8.13. The first-order valence-electron chi connectivity index (χ1n) is 4.32. The predicted molar refractivity (Wildman–Crippen MR) is 58.3 cm³/mol. The van der Waals surface area contributed by atoms with Crippen molar-refractivity contribution in [2.45, 2.75) is 5.09 Å². The fourth-order valence-electron chi connectivity index (χ4n) is 1.11. The molecule has 0 saturated heterocycles. The molecule has 0 radical (unpaired) electrons. The topological polar surface area (TPSA) is 56.5 Å². The average molecular weight is 259 g/mol. The first-order valence-corrected chi connectivity index (χ1v) is 6.63. The summed E-state index contributed by atoms with van der Waals surface area (Å²) in [5.41, 5.74) is 0. The average Bonchev–Trinajstić information content (AvgIpc) is 2.67. The van der Waals surface area contributed by atoms with Crippen LogP contribution >= 0.6 is 10.7 Å². The van der Waals surface area contributed by atoms with Crippen molar-refractivity contribution in [1.82, 2.24) is 0 Å². The van der Waals surface area contributed by atoms with E-state index in [1.54, 1.807) is 24.3 Å². The Hall–Kier alpha value is -1.46. The van der Waals surface area contributed by atoms with Gasteiger partial charge in [0, 0.05) is 16.7 Å². The second kappa shape index (κ2) is 4.19. The highest BCUT2D eigenvalue weighted by Crippen LogP contribution is 2.27. The van der Waals surface area contributed by atoms with Crippen molar-refractivity contribution in [2.75, 3.05) is 0 Å². The summed E-state index contributed by atoms with van der Waals surface area (Å²) in [6.07, 6.45) is 1.18. The minimum absolute atomic E-state index is 0.283. The van der Waals surface area contributed by atoms with Gasteiger partial charge in [-0.1, -0.05) is 18.2 Å². The summed E-state index contributed by atoms with van der Waals surface area (Å²) in [7, 11) is 1.25. The highest BCUT2D eigenvalue weighted by Gasteiger charge is 2.16. The minimum Gasteiger partial charge on any atom is -0.454 e. The van der Waals surface area contributed by atoms with Gasteiger partial charge in [-0.3, -0.25) is 0 Å². The second-order valence-electron chi connectivity index (χ2n) is 2.95. The monoisotopic (exact) mass is 258 g/mol. The van der Waals surface area contributed by atoms with Gasteiger partial charge < -0.3 is 9.15 Å². The molecule has 0 N–H and O–H groups in total. The van der Waals surface area contributed by atoms with Gasteiger partial charge in [0.15, 0.2) is 5.75 Å². The quantitative estimate of drug-likeness (QED) is 0.794. The molecule has 0 aliphatic rings. The molecule has 1 heterocycles. The van der Waals surface area contributed by atoms with Crippen LogP contribution in [0.5, 0.6) is 11.5 Å². The van der Waals surface area contributed by atoms with E-state index in [9.17, 15) is 8.42 Å². The lowest BCUT2D eigenvalue weighted by molar-refractivity contribution is 0.437. The molecule has 0 aliphatic heterocycles. The van der Waals surface area contributed by atoms with Gasteiger partial charge in [-0.2, -0.15) is 0 Å². The third kappa shape index (κ3) is 2.56. The van der Waals surface area contributed by atoms with Crippen molar-refractivity contribution in [3.05, 3.63) is 42.7 Å². The van der Waals surface area contributed by atoms with E-state index in [0.717, 1.165) is 0 Å². The molecule has 0 bridgehead atoms. The van der Waals surface area contributed by atoms with E-state index in [-0.39, 0.29) is 10.8 Å². The van der Waals surface area contributed by atoms with Gasteiger partial charge in [0.2, 0.25) is 5.09 Å². The summed E-state index contributed by atoms with van der Waals surface area (Å²) < 4.78 is 31.9. The van der Waals surface area contributed by atoms with Crippen LogP contribution in [0.4, 0.5) is 0 Å². The number of rotatable bonds is 3. The summed E-state index contributed by atoms with van der Waals surface area (Å²) in [5, 5.41) is -0.333. The van der Waals surface area contributed by atoms with Crippen molar-refractivity contribution >= 4 is 19.7 Å². The van der Waals surface area contributed by atoms with Crippen molar-refractivity contribution in [1.29, 1.82) is 0 Å². The normalized spacial score (nSPS) is 11.3. The number of benzene rings is 1. The highest BCUT2D eigenvalue weighted by atomic mass is 35.7. The number of hydrogen-bond acceptors (Lipinski definition) is 4. The Balaban J connectivity index is 2.22. The molecule has 2 aromatic rings. The fourth-order valence-corrected chi connectivity index (χ4v) is 1.77. The van der Waals surface area contributed by atoms with E-state index in [4.69, 9.17) is 19.8 Å². The number of halogens is 1. The predicted octanol–water partition coefficient (Wildman–Crippen LogP) is 3.00. The molecular formula is C10H7ClO4S. The Kier molecular flexibility index (Phi) is 2.89. The fraction of sp³-hybridized carbons (Fsp3) is 0. The molecular weight excluding hydrogens is 252 g/mol. The molecule has 0 fully saturated rings. The first kappa shape index (κ1) is 11.0. The lowest BCUT2D eigenvalue weighted by Gasteiger charge is -1.99. The van der Waals surface area contributed by atoms with Gasteiger partial charge in [0.1, 0.15) is 12.0 Å². The molecule has 16 heavy (non-hydrogen) atoms. The van der Waals surface area contributed by atoms with Crippen LogP contribution in [0.15, 0.2) is 52.2 Å². The summed E-state index contributed by atoms with van der Waals surface area (Å²) in [6, 6.07) is 10.1. The maximum Gasteiger partial charge on any atom is 0.294 e. The van der Waals surface area contributed by atoms with Crippen LogP contribution in [0.2, 0.25) is 0 Å². The van der Waals surface area contributed by atoms with Crippen LogP contribution in [-0.2, 0) is 9.05 Å². The van der Waals surface area contributed by atoms with Crippen molar-refractivity contribution in [3.8, 4) is 11.5 Å². The Morgan fingerprint density at radius 2 is 1.81 bits per heavy atom. The standard InChI is InChI=1S/C10H7ClO4S/c11-16(12,13)10-6-9(7-14-10)15-8-4-2-1-3-5-8/h1-7H. The number of hydrogen-bond donors (Lipinski definition) is 0. The second-order valence-corrected chi connectivity index (χ2v) is 5.45. The van der Waals surface area contributed by atoms with Crippen LogP contribution < -0.4 is 4.74 Å². The van der Waals surface area contributed by atoms with Crippen molar-refractivity contribution in [3.63, 3.8) is 0 Å². The van der Waals surface area contributed by atoms with E-state index in [2.05, 4.69) is 0 Å². The smallest absolute Gasteiger partial charge is 0.294 e. The largest absolute Gasteiger partial charge is 0.454 e. The summed E-state index contributed by atoms with van der Waals surface area (Å²) in [5.74, 6) is 0.868. The maximum atomic E-state index is 10.9. The Morgan fingerprint density at radius 3 is 2.38 bits per heavy atom. The molecule has 0 atom stereocenters. The zero-order chi connectivity index (χ0) is 11.6. The summed E-state index contributed by atoms with van der Waals surface area (Å²) >= 11 is 0. The van der Waals surface area contributed by atoms with Gasteiger partial charge in [-0.05, 0) is 12.1 Å². The summed E-state index contributed by atoms with van der Waals surface area (Å²) in [6.45, 7) is 0. The van der Waals surface area contributed by atoms with Gasteiger partial charge >= 0.3 is 0 Å². The molecule has 0 unspecified atom stereocenters. The minimum atomic E-state index is -3.85. The van der Waals surface area contributed by atoms with E-state index in [0.29, 0.717) is 5.75 Å². The molecule has 1 aromatic carbocycles. The Bertz CT molecular complexity index is 574. The molecule has 0 spiro atoms. The lowest BCUT2D eigenvalue weighted by atomic mass is 10.3. The van der Waals surface area contributed by atoms with E-state index in [1.165, 1.54) is 12.3 Å². The maximum absolute atomic E-state index is 10.9. The number of furan rings is 1. The Labute approximate surface area is 96.8 Å². The van der Waals surface area contributed by atoms with Crippen LogP contribution in [0, 0.1) is 0 Å². The molecule has 1 aromatic heterocycles. The molecule has 6 heteroatoms. The first-order chi connectivity index (χ1) is 7.55. The zero-order valence-electron chi connectivity index (χ0n) is 7.96. The van der Waals surface area contributed by atoms with E-state index >= 15 is 0 Å². The number of ether oxygens (including phenoxy) is 1. The van der Waals surface area contributed by atoms with Crippen LogP contribution in [0.25, 0.3) is 0 Å². The van der Waals surface area contributed by atoms with Gasteiger partial charge in [-0.25, -0.2) is 8.42 Å². The van der Waals surface area contributed by atoms with Crippen molar-refractivity contribution < 1.29 is 17.6 Å². The van der Waals surface area contributed by atoms with Crippen LogP contribution in [0.3, 0.4) is 0 Å². The third-order valence-corrected chi connectivity index (χ3v) is 2.92. The van der Waals surface area contributed by atoms with Gasteiger partial charge in [-0.15, -0.1) is 0 Å². The molecule has 0 aliphatic carbocycles. The Morgan fingerprint density at radius 1 is 1.12 bits per heavy atom. The lowest BCUT2D eigenvalue weighted by Crippen LogP contribution is -1.85. The summed E-state index contributed by atoms with van der Waals surface area (Å²) in [4.78, 5) is 0. The van der Waals surface area contributed by atoms with E-state index in [1.807, 2.05) is 6.07 Å². The van der Waals surface area contributed by atoms with E-state index < -0.39 is 9.05 Å². The third-order valence-electron chi connectivity index (χ3n) is 1.77. The SMILES string of the molecule is O=S(=O)(Cl)c1cc(Oc2ccccc2)co1.